The summed E-state index contributed by atoms with van der Waals surface area (Å²) in [5.74, 6) is -0.576. The van der Waals surface area contributed by atoms with Crippen molar-refractivity contribution in [1.29, 1.82) is 0 Å². The third-order valence-corrected chi connectivity index (χ3v) is 6.63. The maximum Gasteiger partial charge on any atom is 0.234 e. The monoisotopic (exact) mass is 438 g/mol. The van der Waals surface area contributed by atoms with E-state index < -0.39 is 5.82 Å². The highest BCUT2D eigenvalue weighted by atomic mass is 32.2. The van der Waals surface area contributed by atoms with Crippen LogP contribution in [0.1, 0.15) is 23.6 Å². The summed E-state index contributed by atoms with van der Waals surface area (Å²) < 4.78 is 13.7. The SMILES string of the molecule is Cc1ccc(C2CC3C4NN=C(SCC(=O)Nc5ccccc5F)N4C=CN3N2)cc1. The predicted molar refractivity (Wildman–Crippen MR) is 120 cm³/mol. The number of amidine groups is 1. The Hall–Kier alpha value is -3.04. The molecule has 7 nitrogen and oxygen atoms in total. The van der Waals surface area contributed by atoms with E-state index in [9.17, 15) is 9.18 Å². The summed E-state index contributed by atoms with van der Waals surface area (Å²) in [6.07, 6.45) is 4.90. The number of carbonyl (C=O) groups excluding carboxylic acids is 1. The average Bonchev–Trinajstić information content (AvgIpc) is 3.38. The smallest absolute Gasteiger partial charge is 0.234 e. The van der Waals surface area contributed by atoms with E-state index in [2.05, 4.69) is 62.4 Å². The van der Waals surface area contributed by atoms with E-state index in [0.29, 0.717) is 0 Å². The molecule has 31 heavy (non-hydrogen) atoms. The number of anilines is 1. The van der Waals surface area contributed by atoms with E-state index in [4.69, 9.17) is 0 Å². The lowest BCUT2D eigenvalue weighted by Crippen LogP contribution is -2.54. The van der Waals surface area contributed by atoms with Crippen LogP contribution in [-0.2, 0) is 4.79 Å². The number of carbonyl (C=O) groups is 1. The van der Waals surface area contributed by atoms with Gasteiger partial charge in [-0.3, -0.25) is 10.2 Å². The van der Waals surface area contributed by atoms with Gasteiger partial charge in [-0.05, 0) is 31.0 Å². The molecule has 2 aromatic rings. The topological polar surface area (TPSA) is 72.0 Å². The van der Waals surface area contributed by atoms with Crippen LogP contribution in [-0.4, -0.2) is 38.9 Å². The van der Waals surface area contributed by atoms with Crippen LogP contribution in [0.15, 0.2) is 66.0 Å². The zero-order valence-electron chi connectivity index (χ0n) is 17.0. The number of benzene rings is 2. The summed E-state index contributed by atoms with van der Waals surface area (Å²) in [7, 11) is 0. The summed E-state index contributed by atoms with van der Waals surface area (Å²) in [5.41, 5.74) is 9.47. The molecule has 3 N–H and O–H groups in total. The molecule has 160 valence electrons. The molecule has 1 saturated heterocycles. The molecule has 3 aliphatic rings. The molecule has 0 aromatic heterocycles. The minimum absolute atomic E-state index is 0.00919. The van der Waals surface area contributed by atoms with Gasteiger partial charge in [-0.2, -0.15) is 5.10 Å². The molecular weight excluding hydrogens is 415 g/mol. The maximum atomic E-state index is 13.7. The van der Waals surface area contributed by atoms with Crippen molar-refractivity contribution in [2.45, 2.75) is 31.6 Å². The van der Waals surface area contributed by atoms with E-state index in [0.717, 1.165) is 11.6 Å². The van der Waals surface area contributed by atoms with Gasteiger partial charge in [0, 0.05) is 12.4 Å². The fourth-order valence-electron chi connectivity index (χ4n) is 4.05. The fraction of sp³-hybridized carbons (Fsp3) is 0.273. The molecule has 0 radical (unpaired) electrons. The van der Waals surface area contributed by atoms with Crippen molar-refractivity contribution in [2.75, 3.05) is 11.1 Å². The minimum atomic E-state index is -0.447. The highest BCUT2D eigenvalue weighted by Crippen LogP contribution is 2.35. The second kappa shape index (κ2) is 8.24. The van der Waals surface area contributed by atoms with E-state index in [-0.39, 0.29) is 35.6 Å². The van der Waals surface area contributed by atoms with Crippen molar-refractivity contribution in [1.82, 2.24) is 20.8 Å². The first kappa shape index (κ1) is 19.9. The lowest BCUT2D eigenvalue weighted by atomic mass is 9.99. The first-order chi connectivity index (χ1) is 15.1. The van der Waals surface area contributed by atoms with Crippen LogP contribution in [0.2, 0.25) is 0 Å². The number of halogens is 1. The Morgan fingerprint density at radius 1 is 1.23 bits per heavy atom. The lowest BCUT2D eigenvalue weighted by Gasteiger charge is -2.36. The van der Waals surface area contributed by atoms with Gasteiger partial charge in [0.05, 0.1) is 23.5 Å². The Balaban J connectivity index is 1.19. The Labute approximate surface area is 184 Å². The first-order valence-corrected chi connectivity index (χ1v) is 11.2. The van der Waals surface area contributed by atoms with E-state index in [1.807, 2.05) is 12.4 Å². The molecule has 5 rings (SSSR count). The zero-order valence-corrected chi connectivity index (χ0v) is 17.8. The van der Waals surface area contributed by atoms with Gasteiger partial charge in [0.25, 0.3) is 0 Å². The second-order valence-electron chi connectivity index (χ2n) is 7.79. The third-order valence-electron chi connectivity index (χ3n) is 5.66. The first-order valence-electron chi connectivity index (χ1n) is 10.2. The largest absolute Gasteiger partial charge is 0.323 e. The summed E-state index contributed by atoms with van der Waals surface area (Å²) in [6.45, 7) is 2.09. The van der Waals surface area contributed by atoms with Crippen LogP contribution in [0, 0.1) is 12.7 Å². The summed E-state index contributed by atoms with van der Waals surface area (Å²) in [6, 6.07) is 15.2. The molecule has 9 heteroatoms. The van der Waals surface area contributed by atoms with Crippen molar-refractivity contribution in [3.8, 4) is 0 Å². The molecule has 0 spiro atoms. The molecule has 2 aromatic carbocycles. The number of amides is 1. The van der Waals surface area contributed by atoms with Gasteiger partial charge in [-0.15, -0.1) is 0 Å². The normalized spacial score (nSPS) is 23.8. The maximum absolute atomic E-state index is 13.7. The van der Waals surface area contributed by atoms with Crippen LogP contribution in [0.3, 0.4) is 0 Å². The molecule has 3 aliphatic heterocycles. The molecular formula is C22H23FN6OS. The second-order valence-corrected chi connectivity index (χ2v) is 8.74. The van der Waals surface area contributed by atoms with Gasteiger partial charge in [0.1, 0.15) is 12.0 Å². The highest BCUT2D eigenvalue weighted by molar-refractivity contribution is 8.14. The number of aryl methyl sites for hydroxylation is 1. The van der Waals surface area contributed by atoms with Gasteiger partial charge in [0.15, 0.2) is 5.17 Å². The Bertz CT molecular complexity index is 1040. The molecule has 0 bridgehead atoms. The van der Waals surface area contributed by atoms with Crippen LogP contribution >= 0.6 is 11.8 Å². The zero-order chi connectivity index (χ0) is 21.4. The van der Waals surface area contributed by atoms with Crippen molar-refractivity contribution in [2.24, 2.45) is 5.10 Å². The molecule has 3 heterocycles. The van der Waals surface area contributed by atoms with Crippen molar-refractivity contribution >= 4 is 28.5 Å². The van der Waals surface area contributed by atoms with Gasteiger partial charge in [-0.25, -0.2) is 9.82 Å². The molecule has 0 aliphatic carbocycles. The van der Waals surface area contributed by atoms with Crippen molar-refractivity contribution in [3.63, 3.8) is 0 Å². The number of para-hydroxylation sites is 1. The Morgan fingerprint density at radius 3 is 2.84 bits per heavy atom. The van der Waals surface area contributed by atoms with Crippen LogP contribution in [0.4, 0.5) is 10.1 Å². The third kappa shape index (κ3) is 3.98. The summed E-state index contributed by atoms with van der Waals surface area (Å²) >= 11 is 1.32. The molecule has 1 amide bonds. The molecule has 1 fully saturated rings. The molecule has 0 saturated carbocycles. The number of thioether (sulfide) groups is 1. The van der Waals surface area contributed by atoms with Crippen LogP contribution < -0.4 is 16.2 Å². The average molecular weight is 439 g/mol. The van der Waals surface area contributed by atoms with Gasteiger partial charge < -0.3 is 15.2 Å². The predicted octanol–water partition coefficient (Wildman–Crippen LogP) is 3.11. The lowest BCUT2D eigenvalue weighted by molar-refractivity contribution is -0.113. The van der Waals surface area contributed by atoms with Crippen molar-refractivity contribution in [3.05, 3.63) is 77.9 Å². The number of nitrogens with zero attached hydrogens (tertiary/aromatic N) is 3. The number of hydrogen-bond acceptors (Lipinski definition) is 7. The Morgan fingerprint density at radius 2 is 2.03 bits per heavy atom. The van der Waals surface area contributed by atoms with Gasteiger partial charge in [-0.1, -0.05) is 53.7 Å². The van der Waals surface area contributed by atoms with Crippen molar-refractivity contribution < 1.29 is 9.18 Å². The Kier molecular flexibility index (Phi) is 5.29. The van der Waals surface area contributed by atoms with Gasteiger partial charge in [0.2, 0.25) is 5.91 Å². The number of hydrazone groups is 1. The fourth-order valence-corrected chi connectivity index (χ4v) is 4.82. The summed E-state index contributed by atoms with van der Waals surface area (Å²) in [5, 5.41) is 9.91. The number of nitrogens with one attached hydrogen (secondary N) is 3. The number of rotatable bonds is 4. The minimum Gasteiger partial charge on any atom is -0.323 e. The highest BCUT2D eigenvalue weighted by Gasteiger charge is 2.44. The summed E-state index contributed by atoms with van der Waals surface area (Å²) in [4.78, 5) is 14.3. The number of fused-ring (bicyclic) bond motifs is 3. The molecule has 3 unspecified atom stereocenters. The van der Waals surface area contributed by atoms with E-state index in [1.54, 1.807) is 18.2 Å². The quantitative estimate of drug-likeness (QED) is 0.682. The van der Waals surface area contributed by atoms with Crippen LogP contribution in [0.5, 0.6) is 0 Å². The number of hydrogen-bond donors (Lipinski definition) is 3. The van der Waals surface area contributed by atoms with E-state index >= 15 is 0 Å². The molecule has 3 atom stereocenters. The van der Waals surface area contributed by atoms with Crippen LogP contribution in [0.25, 0.3) is 0 Å². The standard InChI is InChI=1S/C22H23FN6OS/c1-14-6-8-15(9-7-14)18-12-19-21-25-26-22(28(21)10-11-29(19)27-18)31-13-20(30)24-17-5-3-2-4-16(17)23/h2-11,18-19,21,25,27H,12-13H2,1H3,(H,24,30). The van der Waals surface area contributed by atoms with E-state index in [1.165, 1.54) is 29.0 Å². The van der Waals surface area contributed by atoms with Gasteiger partial charge >= 0.3 is 0 Å². The number of hydrazine groups is 1.